The number of benzene rings is 8. The number of phenols is 1. The fourth-order valence-electron chi connectivity index (χ4n) is 11.0. The monoisotopic (exact) mass is 1250 g/mol. The molecule has 7 heteroatoms. The van der Waals surface area contributed by atoms with Crippen LogP contribution in [0.25, 0.3) is 100 Å². The van der Waals surface area contributed by atoms with Crippen molar-refractivity contribution in [3.63, 3.8) is 0 Å². The summed E-state index contributed by atoms with van der Waals surface area (Å²) in [7, 11) is 0. The molecule has 5 nitrogen and oxygen atoms in total. The van der Waals surface area contributed by atoms with Crippen LogP contribution in [0.3, 0.4) is 0 Å². The molecule has 0 aliphatic carbocycles. The molecule has 0 bridgehead atoms. The summed E-state index contributed by atoms with van der Waals surface area (Å²) in [5.74, 6) is -0.180. The Morgan fingerprint density at radius 2 is 0.975 bits per heavy atom. The van der Waals surface area contributed by atoms with E-state index in [1.165, 1.54) is 50.2 Å². The normalized spacial score (nSPS) is 12.6. The molecule has 0 unspecified atom stereocenters. The predicted octanol–water partition coefficient (Wildman–Crippen LogP) is 20.0. The van der Waals surface area contributed by atoms with Crippen molar-refractivity contribution in [2.24, 2.45) is 0 Å². The van der Waals surface area contributed by atoms with Crippen molar-refractivity contribution in [3.8, 4) is 73.2 Å². The van der Waals surface area contributed by atoms with Crippen LogP contribution in [-0.2, 0) is 48.1 Å². The Labute approximate surface area is 493 Å². The molecule has 0 saturated heterocycles. The summed E-state index contributed by atoms with van der Waals surface area (Å²) in [5.41, 5.74) is 19.9. The number of imidazole rings is 1. The number of halogens is 1. The van der Waals surface area contributed by atoms with Crippen molar-refractivity contribution in [3.05, 3.63) is 210 Å². The Morgan fingerprint density at radius 1 is 0.420 bits per heavy atom. The first-order valence-corrected chi connectivity index (χ1v) is 28.1. The first kappa shape index (κ1) is 56.9. The first-order valence-electron chi connectivity index (χ1n) is 28.1. The molecule has 11 aromatic rings. The van der Waals surface area contributed by atoms with Gasteiger partial charge in [-0.1, -0.05) is 200 Å². The number of aromatic nitrogens is 4. The number of rotatable bonds is 7. The van der Waals surface area contributed by atoms with Crippen LogP contribution < -0.4 is 0 Å². The molecule has 0 atom stereocenters. The van der Waals surface area contributed by atoms with Crippen molar-refractivity contribution in [2.75, 3.05) is 0 Å². The number of nitrogens with zero attached hydrogens (tertiary/aromatic N) is 4. The van der Waals surface area contributed by atoms with E-state index in [2.05, 4.69) is 265 Å². The molecular weight excluding hydrogens is 1170 g/mol. The summed E-state index contributed by atoms with van der Waals surface area (Å²) in [6.45, 7) is 33.8. The van der Waals surface area contributed by atoms with Gasteiger partial charge < -0.3 is 9.67 Å². The van der Waals surface area contributed by atoms with Crippen LogP contribution in [0.4, 0.5) is 4.39 Å². The minimum atomic E-state index is -0.517. The molecule has 3 aromatic heterocycles. The number of phenolic OH excluding ortho intramolecular Hbond substituents is 1. The Bertz CT molecular complexity index is 4170. The molecule has 0 saturated carbocycles. The van der Waals surface area contributed by atoms with Crippen LogP contribution in [0.15, 0.2) is 170 Å². The molecule has 8 aromatic carbocycles. The molecule has 11 rings (SSSR count). The molecule has 1 N–H and O–H groups in total. The maximum absolute atomic E-state index is 14.7. The first-order chi connectivity index (χ1) is 37.6. The van der Waals surface area contributed by atoms with Crippen LogP contribution >= 0.6 is 0 Å². The molecule has 0 amide bonds. The van der Waals surface area contributed by atoms with Gasteiger partial charge in [0.25, 0.3) is 0 Å². The van der Waals surface area contributed by atoms with Gasteiger partial charge in [0.2, 0.25) is 0 Å². The minimum Gasteiger partial charge on any atom is -0.507 e. The standard InChI is InChI=1S/C74H74FN4O.Pt/c1-70(2,3)51-35-49(59-23-19-25-65-68(59)77-69(62-29-27-56(75)44-67(62)80)79(65)58-42-54(73(10,11)12)41-55(43-58)74(13,14)15)32-50(36-51)63-38-47(30-31-76-63)46-26-28-61-60-22-16-17-24-64(60)78(66(61)39-46)57-21-18-20-45(37-57)48-33-52(71(4,5)6)40-53(34-48)72(7,8)9;/h16-31,33-44,80H,1-15H3;/q-1;. The third-order valence-corrected chi connectivity index (χ3v) is 16.0. The molecule has 81 heavy (non-hydrogen) atoms. The number of para-hydroxylation sites is 2. The van der Waals surface area contributed by atoms with Gasteiger partial charge in [0, 0.05) is 61.2 Å². The third kappa shape index (κ3) is 11.0. The predicted molar refractivity (Wildman–Crippen MR) is 334 cm³/mol. The van der Waals surface area contributed by atoms with Crippen molar-refractivity contribution in [1.82, 2.24) is 19.1 Å². The maximum atomic E-state index is 14.7. The topological polar surface area (TPSA) is 55.9 Å². The number of aromatic hydroxyl groups is 1. The molecule has 414 valence electrons. The van der Waals surface area contributed by atoms with Gasteiger partial charge in [-0.05, 0) is 132 Å². The largest absolute Gasteiger partial charge is 0.507 e. The summed E-state index contributed by atoms with van der Waals surface area (Å²) in [6, 6.07) is 61.4. The average molecular weight is 1250 g/mol. The van der Waals surface area contributed by atoms with Gasteiger partial charge in [0.1, 0.15) is 17.4 Å². The minimum absolute atomic E-state index is 0. The van der Waals surface area contributed by atoms with Gasteiger partial charge in [-0.2, -0.15) is 0 Å². The van der Waals surface area contributed by atoms with Gasteiger partial charge >= 0.3 is 0 Å². The average Bonchev–Trinajstić information content (AvgIpc) is 4.17. The van der Waals surface area contributed by atoms with Crippen molar-refractivity contribution >= 4 is 32.8 Å². The third-order valence-electron chi connectivity index (χ3n) is 16.0. The van der Waals surface area contributed by atoms with Crippen molar-refractivity contribution in [1.29, 1.82) is 0 Å². The van der Waals surface area contributed by atoms with Crippen LogP contribution in [0, 0.1) is 11.9 Å². The molecule has 0 aliphatic rings. The van der Waals surface area contributed by atoms with E-state index >= 15 is 0 Å². The molecule has 0 spiro atoms. The maximum Gasteiger partial charge on any atom is 0.148 e. The second kappa shape index (κ2) is 20.5. The Morgan fingerprint density at radius 3 is 1.62 bits per heavy atom. The van der Waals surface area contributed by atoms with Crippen LogP contribution in [0.1, 0.15) is 132 Å². The van der Waals surface area contributed by atoms with Gasteiger partial charge in [0.15, 0.2) is 0 Å². The van der Waals surface area contributed by atoms with Crippen molar-refractivity contribution < 1.29 is 30.6 Å². The quantitative estimate of drug-likeness (QED) is 0.162. The van der Waals surface area contributed by atoms with Gasteiger partial charge in [-0.15, -0.1) is 29.3 Å². The molecule has 0 radical (unpaired) electrons. The Balaban J connectivity index is 0.00000736. The van der Waals surface area contributed by atoms with Crippen molar-refractivity contribution in [2.45, 2.75) is 131 Å². The second-order valence-electron chi connectivity index (χ2n) is 27.2. The second-order valence-corrected chi connectivity index (χ2v) is 27.2. The van der Waals surface area contributed by atoms with Crippen LogP contribution in [0.2, 0.25) is 0 Å². The molecule has 0 fully saturated rings. The molecule has 3 heterocycles. The zero-order chi connectivity index (χ0) is 57.0. The van der Waals surface area contributed by atoms with E-state index in [1.54, 1.807) is 6.07 Å². The molecule has 0 aliphatic heterocycles. The smallest absolute Gasteiger partial charge is 0.148 e. The number of fused-ring (bicyclic) bond motifs is 4. The number of hydrogen-bond acceptors (Lipinski definition) is 3. The van der Waals surface area contributed by atoms with E-state index in [4.69, 9.17) is 9.97 Å². The van der Waals surface area contributed by atoms with Gasteiger partial charge in [-0.3, -0.25) is 9.55 Å². The zero-order valence-electron chi connectivity index (χ0n) is 49.6. The summed E-state index contributed by atoms with van der Waals surface area (Å²) < 4.78 is 19.2. The fraction of sp³-hybridized carbons (Fsp3) is 0.270. The summed E-state index contributed by atoms with van der Waals surface area (Å²) in [6.07, 6.45) is 1.91. The zero-order valence-corrected chi connectivity index (χ0v) is 51.9. The van der Waals surface area contributed by atoms with Gasteiger partial charge in [0.05, 0.1) is 27.6 Å². The fourth-order valence-corrected chi connectivity index (χ4v) is 11.0. The van der Waals surface area contributed by atoms with E-state index in [9.17, 15) is 9.50 Å². The van der Waals surface area contributed by atoms with E-state index in [0.717, 1.165) is 78.6 Å². The SMILES string of the molecule is CC(C)(C)c1cc(-c2cc(-c3ccc4c5ccccc5n(-c5cccc(-c6cc(C(C)(C)C)cc(C(C)(C)C)c6)c5)c4c3)ccn2)[c-]c(-c2cccc3c2nc(-c2ccc(F)cc2O)n3-c2cc(C(C)(C)C)cc(C(C)(C)C)c2)c1.[Pt]. The summed E-state index contributed by atoms with van der Waals surface area (Å²) in [5, 5.41) is 13.8. The van der Waals surface area contributed by atoms with Gasteiger partial charge in [-0.25, -0.2) is 9.37 Å². The number of hydrogen-bond donors (Lipinski definition) is 1. The van der Waals surface area contributed by atoms with E-state index in [1.807, 2.05) is 6.20 Å². The summed E-state index contributed by atoms with van der Waals surface area (Å²) >= 11 is 0. The Kier molecular flexibility index (Phi) is 14.4. The van der Waals surface area contributed by atoms with E-state index in [0.29, 0.717) is 11.4 Å². The van der Waals surface area contributed by atoms with Crippen LogP contribution in [0.5, 0.6) is 5.75 Å². The van der Waals surface area contributed by atoms with Crippen LogP contribution in [-0.4, -0.2) is 24.2 Å². The van der Waals surface area contributed by atoms with E-state index < -0.39 is 5.82 Å². The summed E-state index contributed by atoms with van der Waals surface area (Å²) in [4.78, 5) is 10.5. The Hall–Kier alpha value is -7.40. The molecular formula is C74H74FN4OPt-. The van der Waals surface area contributed by atoms with E-state index in [-0.39, 0.29) is 53.9 Å². The number of pyridine rings is 1.